The van der Waals surface area contributed by atoms with Crippen LogP contribution in [0.15, 0.2) is 60.2 Å². The lowest BCUT2D eigenvalue weighted by atomic mass is 9.86. The zero-order valence-electron chi connectivity index (χ0n) is 17.5. The molecule has 2 aromatic rings. The van der Waals surface area contributed by atoms with Gasteiger partial charge in [0.1, 0.15) is 0 Å². The topological polar surface area (TPSA) is 32.3 Å². The number of aryl methyl sites for hydroxylation is 1. The SMILES string of the molecule is C/C(=C\c1ccccc1)CN(C(=O)NC(C)(C)C)C1CCCc2ccccc21. The summed E-state index contributed by atoms with van der Waals surface area (Å²) in [6.45, 7) is 8.83. The van der Waals surface area contributed by atoms with Crippen molar-refractivity contribution in [1.29, 1.82) is 0 Å². The molecule has 3 heteroatoms. The van der Waals surface area contributed by atoms with Gasteiger partial charge in [-0.15, -0.1) is 0 Å². The third-order valence-electron chi connectivity index (χ3n) is 5.09. The Morgan fingerprint density at radius 1 is 1.11 bits per heavy atom. The molecule has 1 atom stereocenters. The van der Waals surface area contributed by atoms with Gasteiger partial charge in [-0.25, -0.2) is 4.79 Å². The third-order valence-corrected chi connectivity index (χ3v) is 5.09. The van der Waals surface area contributed by atoms with Gasteiger partial charge in [0.05, 0.1) is 6.04 Å². The lowest BCUT2D eigenvalue weighted by Crippen LogP contribution is -2.50. The molecule has 1 unspecified atom stereocenters. The lowest BCUT2D eigenvalue weighted by molar-refractivity contribution is 0.165. The van der Waals surface area contributed by atoms with Crippen molar-refractivity contribution in [3.63, 3.8) is 0 Å². The number of hydrogen-bond donors (Lipinski definition) is 1. The molecule has 0 heterocycles. The van der Waals surface area contributed by atoms with Crippen LogP contribution in [-0.2, 0) is 6.42 Å². The van der Waals surface area contributed by atoms with Gasteiger partial charge in [-0.05, 0) is 63.6 Å². The average Bonchev–Trinajstić information content (AvgIpc) is 2.65. The summed E-state index contributed by atoms with van der Waals surface area (Å²) >= 11 is 0. The highest BCUT2D eigenvalue weighted by Gasteiger charge is 2.30. The van der Waals surface area contributed by atoms with Crippen LogP contribution in [0.2, 0.25) is 0 Å². The summed E-state index contributed by atoms with van der Waals surface area (Å²) in [7, 11) is 0. The van der Waals surface area contributed by atoms with E-state index < -0.39 is 0 Å². The van der Waals surface area contributed by atoms with E-state index in [0.29, 0.717) is 6.54 Å². The second-order valence-electron chi connectivity index (χ2n) is 8.82. The molecule has 2 amide bonds. The van der Waals surface area contributed by atoms with E-state index in [2.05, 4.69) is 54.7 Å². The molecule has 1 aliphatic carbocycles. The summed E-state index contributed by atoms with van der Waals surface area (Å²) in [6, 6.07) is 19.0. The second-order valence-corrected chi connectivity index (χ2v) is 8.82. The van der Waals surface area contributed by atoms with Crippen molar-refractivity contribution >= 4 is 12.1 Å². The maximum Gasteiger partial charge on any atom is 0.318 e. The summed E-state index contributed by atoms with van der Waals surface area (Å²) in [5.41, 5.74) is 4.75. The zero-order chi connectivity index (χ0) is 20.1. The van der Waals surface area contributed by atoms with Gasteiger partial charge >= 0.3 is 6.03 Å². The molecule has 1 aliphatic rings. The lowest BCUT2D eigenvalue weighted by Gasteiger charge is -2.38. The number of fused-ring (bicyclic) bond motifs is 1. The minimum Gasteiger partial charge on any atom is -0.333 e. The van der Waals surface area contributed by atoms with Crippen LogP contribution in [0.25, 0.3) is 6.08 Å². The molecule has 148 valence electrons. The number of carbonyl (C=O) groups is 1. The van der Waals surface area contributed by atoms with E-state index in [9.17, 15) is 4.79 Å². The molecule has 2 aromatic carbocycles. The normalized spacial score (nSPS) is 17.0. The van der Waals surface area contributed by atoms with Crippen LogP contribution in [0.3, 0.4) is 0 Å². The number of nitrogens with one attached hydrogen (secondary N) is 1. The molecule has 0 spiro atoms. The van der Waals surface area contributed by atoms with E-state index in [0.717, 1.165) is 19.3 Å². The Morgan fingerprint density at radius 3 is 2.50 bits per heavy atom. The number of amides is 2. The van der Waals surface area contributed by atoms with Crippen LogP contribution in [0.4, 0.5) is 4.79 Å². The number of benzene rings is 2. The monoisotopic (exact) mass is 376 g/mol. The Morgan fingerprint density at radius 2 is 1.79 bits per heavy atom. The van der Waals surface area contributed by atoms with Crippen LogP contribution in [0.1, 0.15) is 63.3 Å². The maximum absolute atomic E-state index is 13.2. The maximum atomic E-state index is 13.2. The fourth-order valence-electron chi connectivity index (χ4n) is 3.92. The number of urea groups is 1. The molecule has 0 saturated heterocycles. The standard InChI is InChI=1S/C25H32N2O/c1-19(17-20-11-6-5-7-12-20)18-27(24(28)26-25(2,3)4)23-16-10-14-21-13-8-9-15-22(21)23/h5-9,11-13,15,17,23H,10,14,16,18H2,1-4H3,(H,26,28)/b19-17+. The summed E-state index contributed by atoms with van der Waals surface area (Å²) < 4.78 is 0. The molecule has 0 aromatic heterocycles. The van der Waals surface area contributed by atoms with Crippen molar-refractivity contribution < 1.29 is 4.79 Å². The second kappa shape index (κ2) is 8.64. The van der Waals surface area contributed by atoms with Crippen molar-refractivity contribution in [3.05, 3.63) is 76.9 Å². The predicted molar refractivity (Wildman–Crippen MR) is 117 cm³/mol. The Balaban J connectivity index is 1.90. The summed E-state index contributed by atoms with van der Waals surface area (Å²) in [4.78, 5) is 15.3. The first kappa shape index (κ1) is 20.2. The fraction of sp³-hybridized carbons (Fsp3) is 0.400. The van der Waals surface area contributed by atoms with Crippen LogP contribution < -0.4 is 5.32 Å². The van der Waals surface area contributed by atoms with Crippen LogP contribution in [0.5, 0.6) is 0 Å². The molecular weight excluding hydrogens is 344 g/mol. The van der Waals surface area contributed by atoms with Gasteiger partial charge < -0.3 is 10.2 Å². The molecular formula is C25H32N2O. The highest BCUT2D eigenvalue weighted by atomic mass is 16.2. The number of nitrogens with zero attached hydrogens (tertiary/aromatic N) is 1. The van der Waals surface area contributed by atoms with Gasteiger partial charge in [0.15, 0.2) is 0 Å². The molecule has 0 saturated carbocycles. The molecule has 0 aliphatic heterocycles. The van der Waals surface area contributed by atoms with E-state index in [-0.39, 0.29) is 17.6 Å². The van der Waals surface area contributed by atoms with E-state index in [1.54, 1.807) is 0 Å². The zero-order valence-corrected chi connectivity index (χ0v) is 17.5. The van der Waals surface area contributed by atoms with E-state index in [4.69, 9.17) is 0 Å². The first-order chi connectivity index (χ1) is 13.3. The third kappa shape index (κ3) is 5.25. The quantitative estimate of drug-likeness (QED) is 0.700. The fourth-order valence-corrected chi connectivity index (χ4v) is 3.92. The number of carbonyl (C=O) groups excluding carboxylic acids is 1. The van der Waals surface area contributed by atoms with Crippen LogP contribution >= 0.6 is 0 Å². The molecule has 0 fully saturated rings. The van der Waals surface area contributed by atoms with E-state index in [1.165, 1.54) is 22.3 Å². The molecule has 3 nitrogen and oxygen atoms in total. The first-order valence-corrected chi connectivity index (χ1v) is 10.2. The Labute approximate surface area is 169 Å². The van der Waals surface area contributed by atoms with Crippen molar-refractivity contribution in [2.24, 2.45) is 0 Å². The Hall–Kier alpha value is -2.55. The van der Waals surface area contributed by atoms with E-state index >= 15 is 0 Å². The van der Waals surface area contributed by atoms with Crippen molar-refractivity contribution in [2.75, 3.05) is 6.54 Å². The van der Waals surface area contributed by atoms with E-state index in [1.807, 2.05) is 43.9 Å². The van der Waals surface area contributed by atoms with Crippen LogP contribution in [-0.4, -0.2) is 23.0 Å². The van der Waals surface area contributed by atoms with Gasteiger partial charge in [-0.1, -0.05) is 66.2 Å². The van der Waals surface area contributed by atoms with Gasteiger partial charge in [0.25, 0.3) is 0 Å². The molecule has 1 N–H and O–H groups in total. The van der Waals surface area contributed by atoms with Gasteiger partial charge in [-0.3, -0.25) is 0 Å². The highest BCUT2D eigenvalue weighted by molar-refractivity contribution is 5.76. The summed E-state index contributed by atoms with van der Waals surface area (Å²) in [5.74, 6) is 0. The molecule has 0 bridgehead atoms. The molecule has 3 rings (SSSR count). The van der Waals surface area contributed by atoms with Gasteiger partial charge in [0.2, 0.25) is 0 Å². The minimum absolute atomic E-state index is 0.00927. The van der Waals surface area contributed by atoms with Gasteiger partial charge in [-0.2, -0.15) is 0 Å². The average molecular weight is 377 g/mol. The van der Waals surface area contributed by atoms with Crippen molar-refractivity contribution in [3.8, 4) is 0 Å². The number of rotatable bonds is 4. The first-order valence-electron chi connectivity index (χ1n) is 10.2. The Bertz CT molecular complexity index is 833. The summed E-state index contributed by atoms with van der Waals surface area (Å²) in [5, 5.41) is 3.18. The Kier molecular flexibility index (Phi) is 6.23. The van der Waals surface area contributed by atoms with Crippen molar-refractivity contribution in [1.82, 2.24) is 10.2 Å². The predicted octanol–water partition coefficient (Wildman–Crippen LogP) is 5.98. The largest absolute Gasteiger partial charge is 0.333 e. The molecule has 0 radical (unpaired) electrons. The smallest absolute Gasteiger partial charge is 0.318 e. The summed E-state index contributed by atoms with van der Waals surface area (Å²) in [6.07, 6.45) is 5.39. The van der Waals surface area contributed by atoms with Crippen molar-refractivity contribution in [2.45, 2.75) is 58.5 Å². The highest BCUT2D eigenvalue weighted by Crippen LogP contribution is 2.35. The number of hydrogen-bond acceptors (Lipinski definition) is 1. The minimum atomic E-state index is -0.263. The van der Waals surface area contributed by atoms with Crippen LogP contribution in [0, 0.1) is 0 Å². The van der Waals surface area contributed by atoms with Gasteiger partial charge in [0, 0.05) is 12.1 Å². The molecule has 28 heavy (non-hydrogen) atoms.